The van der Waals surface area contributed by atoms with Crippen molar-refractivity contribution in [3.63, 3.8) is 0 Å². The molecule has 142 valence electrons. The van der Waals surface area contributed by atoms with Crippen molar-refractivity contribution in [1.29, 1.82) is 0 Å². The minimum atomic E-state index is -3.61. The lowest BCUT2D eigenvalue weighted by Gasteiger charge is -2.32. The lowest BCUT2D eigenvalue weighted by molar-refractivity contribution is -0.114. The molecule has 0 radical (unpaired) electrons. The highest BCUT2D eigenvalue weighted by atomic mass is 32.2. The fraction of sp³-hybridized carbons (Fsp3) is 0.136. The molecule has 1 N–H and O–H groups in total. The van der Waals surface area contributed by atoms with Gasteiger partial charge < -0.3 is 10.2 Å². The summed E-state index contributed by atoms with van der Waals surface area (Å²) in [5.41, 5.74) is 3.81. The molecule has 3 aromatic carbocycles. The standard InChI is InChI=1S/C22H20N2O3S/c1-15-11-12-16(2)17(13-15)23-22(25)14-24-18-7-3-5-9-20(18)28(26,27)21-10-6-4-8-19(21)24/h3-13H,14H2,1-2H3,(H,23,25). The second kappa shape index (κ2) is 6.80. The molecule has 0 saturated carbocycles. The van der Waals surface area contributed by atoms with Crippen molar-refractivity contribution in [3.05, 3.63) is 77.9 Å². The van der Waals surface area contributed by atoms with Gasteiger partial charge in [-0.3, -0.25) is 4.79 Å². The number of carbonyl (C=O) groups excluding carboxylic acids is 1. The number of fused-ring (bicyclic) bond motifs is 2. The Bertz CT molecular complexity index is 1130. The lowest BCUT2D eigenvalue weighted by atomic mass is 10.1. The van der Waals surface area contributed by atoms with Gasteiger partial charge in [-0.2, -0.15) is 0 Å². The van der Waals surface area contributed by atoms with Crippen molar-refractivity contribution in [2.75, 3.05) is 16.8 Å². The molecule has 1 aliphatic rings. The van der Waals surface area contributed by atoms with Gasteiger partial charge in [-0.15, -0.1) is 0 Å². The smallest absolute Gasteiger partial charge is 0.244 e. The molecule has 0 spiro atoms. The highest BCUT2D eigenvalue weighted by Crippen LogP contribution is 2.43. The average molecular weight is 392 g/mol. The maximum Gasteiger partial charge on any atom is 0.244 e. The number of benzene rings is 3. The Hall–Kier alpha value is -3.12. The maximum atomic E-state index is 13.0. The molecule has 0 unspecified atom stereocenters. The molecular weight excluding hydrogens is 372 g/mol. The van der Waals surface area contributed by atoms with Crippen LogP contribution in [0.15, 0.2) is 76.5 Å². The van der Waals surface area contributed by atoms with Gasteiger partial charge in [0.1, 0.15) is 6.54 Å². The second-order valence-corrected chi connectivity index (χ2v) is 8.78. The number of rotatable bonds is 3. The van der Waals surface area contributed by atoms with Crippen LogP contribution in [0.2, 0.25) is 0 Å². The first kappa shape index (κ1) is 18.3. The summed E-state index contributed by atoms with van der Waals surface area (Å²) < 4.78 is 25.9. The van der Waals surface area contributed by atoms with Crippen LogP contribution in [0.1, 0.15) is 11.1 Å². The van der Waals surface area contributed by atoms with Crippen LogP contribution in [-0.4, -0.2) is 20.9 Å². The third-order valence-electron chi connectivity index (χ3n) is 4.86. The van der Waals surface area contributed by atoms with E-state index in [9.17, 15) is 13.2 Å². The molecule has 0 bridgehead atoms. The molecule has 0 saturated heterocycles. The summed E-state index contributed by atoms with van der Waals surface area (Å²) in [7, 11) is -3.61. The van der Waals surface area contributed by atoms with Gasteiger partial charge in [-0.25, -0.2) is 8.42 Å². The number of aryl methyl sites for hydroxylation is 2. The van der Waals surface area contributed by atoms with E-state index in [4.69, 9.17) is 0 Å². The topological polar surface area (TPSA) is 66.5 Å². The van der Waals surface area contributed by atoms with Crippen LogP contribution in [0.5, 0.6) is 0 Å². The van der Waals surface area contributed by atoms with Crippen molar-refractivity contribution >= 4 is 32.8 Å². The summed E-state index contributed by atoms with van der Waals surface area (Å²) in [6, 6.07) is 19.4. The second-order valence-electron chi connectivity index (χ2n) is 6.89. The highest BCUT2D eigenvalue weighted by Gasteiger charge is 2.34. The quantitative estimate of drug-likeness (QED) is 0.724. The summed E-state index contributed by atoms with van der Waals surface area (Å²) in [4.78, 5) is 15.0. The lowest BCUT2D eigenvalue weighted by Crippen LogP contribution is -2.33. The van der Waals surface area contributed by atoms with E-state index < -0.39 is 9.84 Å². The van der Waals surface area contributed by atoms with Crippen molar-refractivity contribution < 1.29 is 13.2 Å². The summed E-state index contributed by atoms with van der Waals surface area (Å²) in [6.07, 6.45) is 0. The Morgan fingerprint density at radius 3 is 2.07 bits per heavy atom. The van der Waals surface area contributed by atoms with Crippen molar-refractivity contribution in [3.8, 4) is 0 Å². The molecule has 6 heteroatoms. The zero-order chi connectivity index (χ0) is 19.9. The number of hydrogen-bond acceptors (Lipinski definition) is 4. The molecule has 0 fully saturated rings. The number of nitrogens with one attached hydrogen (secondary N) is 1. The van der Waals surface area contributed by atoms with E-state index in [0.717, 1.165) is 16.8 Å². The van der Waals surface area contributed by atoms with Gasteiger partial charge in [-0.05, 0) is 55.3 Å². The largest absolute Gasteiger partial charge is 0.330 e. The number of hydrogen-bond donors (Lipinski definition) is 1. The third kappa shape index (κ3) is 3.05. The van der Waals surface area contributed by atoms with Crippen molar-refractivity contribution in [2.24, 2.45) is 0 Å². The zero-order valence-corrected chi connectivity index (χ0v) is 16.5. The van der Waals surface area contributed by atoms with Gasteiger partial charge in [0, 0.05) is 5.69 Å². The van der Waals surface area contributed by atoms with Crippen LogP contribution in [0.25, 0.3) is 0 Å². The molecule has 28 heavy (non-hydrogen) atoms. The first-order valence-corrected chi connectivity index (χ1v) is 10.4. The fourth-order valence-electron chi connectivity index (χ4n) is 3.44. The molecule has 4 rings (SSSR count). The van der Waals surface area contributed by atoms with Gasteiger partial charge in [0.2, 0.25) is 15.7 Å². The van der Waals surface area contributed by atoms with E-state index in [1.54, 1.807) is 53.4 Å². The van der Waals surface area contributed by atoms with Crippen LogP contribution >= 0.6 is 0 Å². The molecule has 1 amide bonds. The molecular formula is C22H20N2O3S. The minimum absolute atomic E-state index is 0.0108. The van der Waals surface area contributed by atoms with E-state index in [-0.39, 0.29) is 22.2 Å². The predicted molar refractivity (Wildman–Crippen MR) is 110 cm³/mol. The first-order valence-electron chi connectivity index (χ1n) is 8.96. The Balaban J connectivity index is 1.72. The normalized spacial score (nSPS) is 14.1. The number of anilines is 3. The number of amides is 1. The van der Waals surface area contributed by atoms with Crippen LogP contribution in [0, 0.1) is 13.8 Å². The Morgan fingerprint density at radius 1 is 0.893 bits per heavy atom. The first-order chi connectivity index (χ1) is 13.4. The van der Waals surface area contributed by atoms with Crippen molar-refractivity contribution in [1.82, 2.24) is 0 Å². The molecule has 3 aromatic rings. The van der Waals surface area contributed by atoms with Crippen molar-refractivity contribution in [2.45, 2.75) is 23.6 Å². The molecule has 5 nitrogen and oxygen atoms in total. The average Bonchev–Trinajstić information content (AvgIpc) is 2.68. The monoisotopic (exact) mass is 392 g/mol. The van der Waals surface area contributed by atoms with Gasteiger partial charge in [0.05, 0.1) is 21.2 Å². The van der Waals surface area contributed by atoms with Gasteiger partial charge in [-0.1, -0.05) is 36.4 Å². The number of para-hydroxylation sites is 2. The Kier molecular flexibility index (Phi) is 4.43. The van der Waals surface area contributed by atoms with E-state index >= 15 is 0 Å². The predicted octanol–water partition coefficient (Wildman–Crippen LogP) is 4.23. The van der Waals surface area contributed by atoms with Crippen LogP contribution < -0.4 is 10.2 Å². The van der Waals surface area contributed by atoms with Crippen LogP contribution in [0.3, 0.4) is 0 Å². The van der Waals surface area contributed by atoms with E-state index in [2.05, 4.69) is 5.32 Å². The number of sulfone groups is 1. The van der Waals surface area contributed by atoms with Gasteiger partial charge in [0.25, 0.3) is 0 Å². The summed E-state index contributed by atoms with van der Waals surface area (Å²) in [6.45, 7) is 3.92. The zero-order valence-electron chi connectivity index (χ0n) is 15.6. The van der Waals surface area contributed by atoms with Gasteiger partial charge >= 0.3 is 0 Å². The minimum Gasteiger partial charge on any atom is -0.330 e. The fourth-order valence-corrected chi connectivity index (χ4v) is 5.10. The molecule has 1 aliphatic heterocycles. The van der Waals surface area contributed by atoms with E-state index in [0.29, 0.717) is 11.4 Å². The third-order valence-corrected chi connectivity index (χ3v) is 6.71. The highest BCUT2D eigenvalue weighted by molar-refractivity contribution is 7.92. The molecule has 0 aromatic heterocycles. The maximum absolute atomic E-state index is 13.0. The number of nitrogens with zero attached hydrogens (tertiary/aromatic N) is 1. The van der Waals surface area contributed by atoms with E-state index in [1.165, 1.54) is 0 Å². The number of carbonyl (C=O) groups is 1. The van der Waals surface area contributed by atoms with Crippen LogP contribution in [0.4, 0.5) is 17.1 Å². The molecule has 0 atom stereocenters. The summed E-state index contributed by atoms with van der Waals surface area (Å²) in [5, 5.41) is 2.95. The van der Waals surface area contributed by atoms with E-state index in [1.807, 2.05) is 32.0 Å². The summed E-state index contributed by atoms with van der Waals surface area (Å²) in [5.74, 6) is -0.211. The SMILES string of the molecule is Cc1ccc(C)c(NC(=O)CN2c3ccccc3S(=O)(=O)c3ccccc32)c1. The Morgan fingerprint density at radius 2 is 1.46 bits per heavy atom. The summed E-state index contributed by atoms with van der Waals surface area (Å²) >= 11 is 0. The van der Waals surface area contributed by atoms with Gasteiger partial charge in [0.15, 0.2) is 0 Å². The molecule has 0 aliphatic carbocycles. The molecule has 1 heterocycles. The Labute approximate surface area is 164 Å². The van der Waals surface area contributed by atoms with Crippen LogP contribution in [-0.2, 0) is 14.6 Å².